The molecule has 0 saturated heterocycles. The lowest BCUT2D eigenvalue weighted by molar-refractivity contribution is 0.189. The maximum atomic E-state index is 6.02. The molecule has 2 heteroatoms. The van der Waals surface area contributed by atoms with Crippen LogP contribution in [0.5, 0.6) is 0 Å². The molecule has 0 aromatic rings. The molecule has 0 saturated carbocycles. The van der Waals surface area contributed by atoms with Crippen LogP contribution in [0.25, 0.3) is 0 Å². The van der Waals surface area contributed by atoms with E-state index in [4.69, 9.17) is 5.73 Å². The van der Waals surface area contributed by atoms with Crippen LogP contribution in [0.2, 0.25) is 0 Å². The second-order valence-electron chi connectivity index (χ2n) is 3.72. The van der Waals surface area contributed by atoms with Crippen molar-refractivity contribution < 1.29 is 0 Å². The van der Waals surface area contributed by atoms with Crippen LogP contribution >= 0.6 is 0 Å². The van der Waals surface area contributed by atoms with Gasteiger partial charge in [-0.15, -0.1) is 0 Å². The molecule has 2 N–H and O–H groups in total. The summed E-state index contributed by atoms with van der Waals surface area (Å²) in [4.78, 5) is 2.42. The van der Waals surface area contributed by atoms with Crippen molar-refractivity contribution in [2.45, 2.75) is 59.0 Å². The third-order valence-electron chi connectivity index (χ3n) is 2.49. The molecule has 0 aromatic heterocycles. The van der Waals surface area contributed by atoms with Crippen molar-refractivity contribution in [3.8, 4) is 0 Å². The molecule has 0 heterocycles. The molecule has 0 aliphatic carbocycles. The topological polar surface area (TPSA) is 29.3 Å². The Morgan fingerprint density at radius 2 is 1.46 bits per heavy atom. The van der Waals surface area contributed by atoms with Crippen LogP contribution in [-0.2, 0) is 0 Å². The maximum absolute atomic E-state index is 6.02. The summed E-state index contributed by atoms with van der Waals surface area (Å²) in [5.74, 6) is 0. The number of nitrogens with two attached hydrogens (primary N) is 1. The highest BCUT2D eigenvalue weighted by atomic mass is 15.2. The van der Waals surface area contributed by atoms with E-state index >= 15 is 0 Å². The number of rotatable bonds is 8. The van der Waals surface area contributed by atoms with Crippen LogP contribution in [0.1, 0.15) is 52.9 Å². The van der Waals surface area contributed by atoms with Crippen molar-refractivity contribution in [2.75, 3.05) is 13.1 Å². The molecule has 0 rings (SSSR count). The van der Waals surface area contributed by atoms with Gasteiger partial charge in [0.15, 0.2) is 0 Å². The fourth-order valence-electron chi connectivity index (χ4n) is 1.42. The minimum atomic E-state index is 0.276. The van der Waals surface area contributed by atoms with Gasteiger partial charge in [0.1, 0.15) is 0 Å². The Bertz CT molecular complexity index is 96.3. The molecule has 0 amide bonds. The van der Waals surface area contributed by atoms with Crippen LogP contribution < -0.4 is 5.73 Å². The molecular formula is C11H26N2. The van der Waals surface area contributed by atoms with E-state index < -0.39 is 0 Å². The van der Waals surface area contributed by atoms with Gasteiger partial charge in [-0.3, -0.25) is 4.90 Å². The first-order valence-corrected chi connectivity index (χ1v) is 5.75. The summed E-state index contributed by atoms with van der Waals surface area (Å²) in [6.45, 7) is 8.97. The van der Waals surface area contributed by atoms with Crippen molar-refractivity contribution in [3.63, 3.8) is 0 Å². The van der Waals surface area contributed by atoms with Crippen LogP contribution in [0.15, 0.2) is 0 Å². The predicted molar refractivity (Wildman–Crippen MR) is 59.7 cm³/mol. The lowest BCUT2D eigenvalue weighted by Gasteiger charge is -2.27. The second-order valence-corrected chi connectivity index (χ2v) is 3.72. The van der Waals surface area contributed by atoms with Gasteiger partial charge in [0.2, 0.25) is 0 Å². The van der Waals surface area contributed by atoms with E-state index in [1.54, 1.807) is 0 Å². The molecule has 0 aliphatic heterocycles. The summed E-state index contributed by atoms with van der Waals surface area (Å²) in [5.41, 5.74) is 6.02. The normalized spacial score (nSPS) is 13.6. The van der Waals surface area contributed by atoms with E-state index in [0.717, 1.165) is 6.42 Å². The zero-order valence-corrected chi connectivity index (χ0v) is 9.55. The standard InChI is InChI=1S/C11H26N2/c1-4-7-9-13(10-8-5-2)11(12)6-3/h11H,4-10,12H2,1-3H3. The zero-order chi connectivity index (χ0) is 10.1. The highest BCUT2D eigenvalue weighted by Gasteiger charge is 2.10. The maximum Gasteiger partial charge on any atom is 0.0569 e. The van der Waals surface area contributed by atoms with Gasteiger partial charge >= 0.3 is 0 Å². The van der Waals surface area contributed by atoms with E-state index in [0.29, 0.717) is 0 Å². The van der Waals surface area contributed by atoms with Crippen molar-refractivity contribution in [3.05, 3.63) is 0 Å². The molecule has 1 atom stereocenters. The Balaban J connectivity index is 3.72. The van der Waals surface area contributed by atoms with E-state index in [-0.39, 0.29) is 6.17 Å². The van der Waals surface area contributed by atoms with Gasteiger partial charge < -0.3 is 5.73 Å². The second kappa shape index (κ2) is 8.52. The Labute approximate surface area is 83.5 Å². The van der Waals surface area contributed by atoms with Crippen molar-refractivity contribution in [1.82, 2.24) is 4.90 Å². The third-order valence-corrected chi connectivity index (χ3v) is 2.49. The first-order valence-electron chi connectivity index (χ1n) is 5.75. The average molecular weight is 186 g/mol. The summed E-state index contributed by atoms with van der Waals surface area (Å²) in [6.07, 6.45) is 6.42. The van der Waals surface area contributed by atoms with Crippen LogP contribution in [-0.4, -0.2) is 24.2 Å². The molecule has 0 radical (unpaired) electrons. The van der Waals surface area contributed by atoms with Gasteiger partial charge in [-0.1, -0.05) is 33.6 Å². The Morgan fingerprint density at radius 3 is 1.77 bits per heavy atom. The van der Waals surface area contributed by atoms with Gasteiger partial charge in [-0.25, -0.2) is 0 Å². The van der Waals surface area contributed by atoms with E-state index in [2.05, 4.69) is 25.7 Å². The Hall–Kier alpha value is -0.0800. The lowest BCUT2D eigenvalue weighted by Crippen LogP contribution is -2.42. The fraction of sp³-hybridized carbons (Fsp3) is 1.00. The van der Waals surface area contributed by atoms with Gasteiger partial charge in [0.25, 0.3) is 0 Å². The first kappa shape index (κ1) is 12.9. The number of hydrogen-bond donors (Lipinski definition) is 1. The highest BCUT2D eigenvalue weighted by Crippen LogP contribution is 2.03. The van der Waals surface area contributed by atoms with Gasteiger partial charge in [0.05, 0.1) is 6.17 Å². The van der Waals surface area contributed by atoms with Crippen LogP contribution in [0.4, 0.5) is 0 Å². The summed E-state index contributed by atoms with van der Waals surface area (Å²) in [7, 11) is 0. The van der Waals surface area contributed by atoms with Gasteiger partial charge in [0, 0.05) is 0 Å². The lowest BCUT2D eigenvalue weighted by atomic mass is 10.2. The van der Waals surface area contributed by atoms with Gasteiger partial charge in [-0.2, -0.15) is 0 Å². The Kier molecular flexibility index (Phi) is 8.46. The molecule has 2 nitrogen and oxygen atoms in total. The largest absolute Gasteiger partial charge is 0.316 e. The molecule has 0 bridgehead atoms. The minimum absolute atomic E-state index is 0.276. The van der Waals surface area contributed by atoms with Crippen LogP contribution in [0, 0.1) is 0 Å². The van der Waals surface area contributed by atoms with Crippen molar-refractivity contribution >= 4 is 0 Å². The molecule has 13 heavy (non-hydrogen) atoms. The minimum Gasteiger partial charge on any atom is -0.316 e. The quantitative estimate of drug-likeness (QED) is 0.590. The molecule has 0 fully saturated rings. The summed E-state index contributed by atoms with van der Waals surface area (Å²) in [5, 5.41) is 0. The number of nitrogens with zero attached hydrogens (tertiary/aromatic N) is 1. The first-order chi connectivity index (χ1) is 6.26. The monoisotopic (exact) mass is 186 g/mol. The highest BCUT2D eigenvalue weighted by molar-refractivity contribution is 4.64. The molecule has 0 aromatic carbocycles. The van der Waals surface area contributed by atoms with E-state index in [1.807, 2.05) is 0 Å². The molecule has 0 aliphatic rings. The van der Waals surface area contributed by atoms with Crippen molar-refractivity contribution in [2.24, 2.45) is 5.73 Å². The zero-order valence-electron chi connectivity index (χ0n) is 9.55. The predicted octanol–water partition coefficient (Wildman–Crippen LogP) is 2.58. The molecule has 0 spiro atoms. The third kappa shape index (κ3) is 6.05. The number of unbranched alkanes of at least 4 members (excludes halogenated alkanes) is 2. The van der Waals surface area contributed by atoms with Crippen molar-refractivity contribution in [1.29, 1.82) is 0 Å². The average Bonchev–Trinajstić information content (AvgIpc) is 2.17. The van der Waals surface area contributed by atoms with Gasteiger partial charge in [-0.05, 0) is 32.4 Å². The molecular weight excluding hydrogens is 160 g/mol. The smallest absolute Gasteiger partial charge is 0.0569 e. The summed E-state index contributed by atoms with van der Waals surface area (Å²) >= 11 is 0. The number of hydrogen-bond acceptors (Lipinski definition) is 2. The Morgan fingerprint density at radius 1 is 1.00 bits per heavy atom. The van der Waals surface area contributed by atoms with Crippen LogP contribution in [0.3, 0.4) is 0 Å². The van der Waals surface area contributed by atoms with E-state index in [9.17, 15) is 0 Å². The van der Waals surface area contributed by atoms with E-state index in [1.165, 1.54) is 38.8 Å². The summed E-state index contributed by atoms with van der Waals surface area (Å²) < 4.78 is 0. The molecule has 80 valence electrons. The molecule has 1 unspecified atom stereocenters. The summed E-state index contributed by atoms with van der Waals surface area (Å²) in [6, 6.07) is 0. The SMILES string of the molecule is CCCCN(CCCC)C(N)CC. The fourth-order valence-corrected chi connectivity index (χ4v) is 1.42.